The van der Waals surface area contributed by atoms with Crippen molar-refractivity contribution in [3.05, 3.63) is 65.4 Å². The third-order valence-corrected chi connectivity index (χ3v) is 5.94. The van der Waals surface area contributed by atoms with Crippen molar-refractivity contribution in [2.75, 3.05) is 13.3 Å². The molecule has 9 nitrogen and oxygen atoms in total. The number of hydrogen-bond donors (Lipinski definition) is 1. The number of ketones is 1. The van der Waals surface area contributed by atoms with Gasteiger partial charge in [-0.15, -0.1) is 0 Å². The molecule has 2 aliphatic rings. The number of carbonyl (C=O) groups is 3. The number of fused-ring (bicyclic) bond motifs is 1. The van der Waals surface area contributed by atoms with Gasteiger partial charge in [-0.3, -0.25) is 14.5 Å². The molecule has 0 spiro atoms. The summed E-state index contributed by atoms with van der Waals surface area (Å²) in [6.45, 7) is 5.07. The van der Waals surface area contributed by atoms with Crippen molar-refractivity contribution < 1.29 is 28.3 Å². The van der Waals surface area contributed by atoms with Crippen LogP contribution in [0.25, 0.3) is 5.69 Å². The molecule has 32 heavy (non-hydrogen) atoms. The van der Waals surface area contributed by atoms with Crippen LogP contribution in [-0.4, -0.2) is 40.5 Å². The topological polar surface area (TPSA) is 103 Å². The maximum atomic E-state index is 13.1. The number of urea groups is 1. The van der Waals surface area contributed by atoms with E-state index in [1.807, 2.05) is 36.6 Å². The van der Waals surface area contributed by atoms with Crippen molar-refractivity contribution in [3.8, 4) is 17.2 Å². The quantitative estimate of drug-likeness (QED) is 0.488. The van der Waals surface area contributed by atoms with Crippen LogP contribution in [0, 0.1) is 13.8 Å². The normalized spacial score (nSPS) is 19.5. The number of Topliss-reactive ketones (excluding diaryl/α,β-unsaturated/α-hetero) is 1. The molecule has 1 N–H and O–H groups in total. The lowest BCUT2D eigenvalue weighted by Gasteiger charge is -2.18. The van der Waals surface area contributed by atoms with Gasteiger partial charge in [-0.25, -0.2) is 4.79 Å². The van der Waals surface area contributed by atoms with Gasteiger partial charge < -0.3 is 23.8 Å². The summed E-state index contributed by atoms with van der Waals surface area (Å²) >= 11 is 0. The minimum absolute atomic E-state index is 0.176. The minimum atomic E-state index is -1.34. The second-order valence-electron chi connectivity index (χ2n) is 8.00. The Bertz CT molecular complexity index is 1260. The first kappa shape index (κ1) is 19.9. The van der Waals surface area contributed by atoms with Gasteiger partial charge in [0.05, 0.1) is 12.8 Å². The SMILES string of the molecule is Cc1cc(C(=O)CN2C(=O)N[C@](C)(c3ccco3)C2=O)c(C)n1-c1ccc2c(c1)OCO2. The minimum Gasteiger partial charge on any atom is -0.466 e. The summed E-state index contributed by atoms with van der Waals surface area (Å²) < 4.78 is 18.1. The maximum Gasteiger partial charge on any atom is 0.325 e. The van der Waals surface area contributed by atoms with Gasteiger partial charge in [-0.05, 0) is 51.1 Å². The van der Waals surface area contributed by atoms with E-state index in [-0.39, 0.29) is 19.1 Å². The third-order valence-electron chi connectivity index (χ3n) is 5.94. The summed E-state index contributed by atoms with van der Waals surface area (Å²) in [6, 6.07) is 9.93. The van der Waals surface area contributed by atoms with Gasteiger partial charge in [0.15, 0.2) is 22.8 Å². The van der Waals surface area contributed by atoms with Crippen molar-refractivity contribution in [3.63, 3.8) is 0 Å². The molecule has 3 amide bonds. The number of benzene rings is 1. The predicted octanol–water partition coefficient (Wildman–Crippen LogP) is 3.07. The molecule has 2 aliphatic heterocycles. The van der Waals surface area contributed by atoms with Crippen molar-refractivity contribution in [2.45, 2.75) is 26.3 Å². The van der Waals surface area contributed by atoms with E-state index in [1.54, 1.807) is 25.1 Å². The van der Waals surface area contributed by atoms with E-state index in [2.05, 4.69) is 5.32 Å². The molecule has 0 saturated carbocycles. The lowest BCUT2D eigenvalue weighted by molar-refractivity contribution is -0.131. The zero-order chi connectivity index (χ0) is 22.6. The van der Waals surface area contributed by atoms with Gasteiger partial charge in [-0.2, -0.15) is 0 Å². The standard InChI is InChI=1S/C23H21N3O6/c1-13-9-16(14(2)26(13)15-6-7-18-19(10-15)32-12-31-18)17(27)11-25-21(28)23(3,24-22(25)29)20-5-4-8-30-20/h4-10H,11-12H2,1-3H3,(H,24,29)/t23-/m1/s1. The lowest BCUT2D eigenvalue weighted by Crippen LogP contribution is -2.41. The first-order valence-electron chi connectivity index (χ1n) is 10.1. The summed E-state index contributed by atoms with van der Waals surface area (Å²) in [5, 5.41) is 2.63. The molecule has 1 saturated heterocycles. The highest BCUT2D eigenvalue weighted by Crippen LogP contribution is 2.35. The van der Waals surface area contributed by atoms with Crippen molar-refractivity contribution >= 4 is 17.7 Å². The van der Waals surface area contributed by atoms with E-state index in [9.17, 15) is 14.4 Å². The average Bonchev–Trinajstić information content (AvgIpc) is 3.53. The smallest absolute Gasteiger partial charge is 0.325 e. The summed E-state index contributed by atoms with van der Waals surface area (Å²) in [6.07, 6.45) is 1.43. The highest BCUT2D eigenvalue weighted by atomic mass is 16.7. The summed E-state index contributed by atoms with van der Waals surface area (Å²) in [7, 11) is 0. The first-order valence-corrected chi connectivity index (χ1v) is 10.1. The van der Waals surface area contributed by atoms with Gasteiger partial charge in [-0.1, -0.05) is 0 Å². The maximum absolute atomic E-state index is 13.1. The van der Waals surface area contributed by atoms with Crippen LogP contribution in [0.1, 0.15) is 34.4 Å². The van der Waals surface area contributed by atoms with Crippen LogP contribution in [0.5, 0.6) is 11.5 Å². The van der Waals surface area contributed by atoms with Gasteiger partial charge in [0.1, 0.15) is 5.76 Å². The highest BCUT2D eigenvalue weighted by molar-refractivity contribution is 6.11. The Kier molecular flexibility index (Phi) is 4.37. The zero-order valence-corrected chi connectivity index (χ0v) is 17.8. The Morgan fingerprint density at radius 3 is 2.66 bits per heavy atom. The molecule has 0 bridgehead atoms. The second kappa shape index (κ2) is 7.01. The molecule has 4 heterocycles. The fourth-order valence-electron chi connectivity index (χ4n) is 4.27. The van der Waals surface area contributed by atoms with Crippen LogP contribution in [0.4, 0.5) is 4.79 Å². The van der Waals surface area contributed by atoms with E-state index in [0.29, 0.717) is 28.5 Å². The molecule has 1 fully saturated rings. The molecule has 2 aromatic heterocycles. The van der Waals surface area contributed by atoms with Gasteiger partial charge in [0.2, 0.25) is 6.79 Å². The second-order valence-corrected chi connectivity index (χ2v) is 8.00. The summed E-state index contributed by atoms with van der Waals surface area (Å²) in [5.41, 5.74) is 1.45. The molecule has 5 rings (SSSR count). The van der Waals surface area contributed by atoms with Crippen LogP contribution in [-0.2, 0) is 10.3 Å². The number of ether oxygens (including phenoxy) is 2. The molecule has 0 unspecified atom stereocenters. The fourth-order valence-corrected chi connectivity index (χ4v) is 4.27. The van der Waals surface area contributed by atoms with Gasteiger partial charge >= 0.3 is 6.03 Å². The number of hydrogen-bond acceptors (Lipinski definition) is 6. The average molecular weight is 435 g/mol. The van der Waals surface area contributed by atoms with Crippen LogP contribution in [0.3, 0.4) is 0 Å². The first-order chi connectivity index (χ1) is 15.3. The number of aromatic nitrogens is 1. The number of nitrogens with zero attached hydrogens (tertiary/aromatic N) is 2. The van der Waals surface area contributed by atoms with Gasteiger partial charge in [0, 0.05) is 28.7 Å². The molecule has 1 aromatic carbocycles. The Morgan fingerprint density at radius 1 is 1.12 bits per heavy atom. The number of amides is 3. The monoisotopic (exact) mass is 435 g/mol. The van der Waals surface area contributed by atoms with Crippen LogP contribution in [0.2, 0.25) is 0 Å². The van der Waals surface area contributed by atoms with Crippen molar-refractivity contribution in [1.29, 1.82) is 0 Å². The predicted molar refractivity (Wildman–Crippen MR) is 112 cm³/mol. The Morgan fingerprint density at radius 2 is 1.91 bits per heavy atom. The zero-order valence-electron chi connectivity index (χ0n) is 17.8. The van der Waals surface area contributed by atoms with E-state index in [1.165, 1.54) is 6.26 Å². The number of nitrogens with one attached hydrogen (secondary N) is 1. The third kappa shape index (κ3) is 2.89. The van der Waals surface area contributed by atoms with E-state index in [0.717, 1.165) is 16.3 Å². The Hall–Kier alpha value is -4.01. The van der Waals surface area contributed by atoms with E-state index in [4.69, 9.17) is 13.9 Å². The molecule has 3 aromatic rings. The largest absolute Gasteiger partial charge is 0.466 e. The fraction of sp³-hybridized carbons (Fsp3) is 0.261. The molecular formula is C23H21N3O6. The van der Waals surface area contributed by atoms with E-state index < -0.39 is 17.5 Å². The summed E-state index contributed by atoms with van der Waals surface area (Å²) in [5.74, 6) is 0.754. The lowest BCUT2D eigenvalue weighted by atomic mass is 9.99. The van der Waals surface area contributed by atoms with Crippen LogP contribution in [0.15, 0.2) is 47.1 Å². The number of imide groups is 1. The van der Waals surface area contributed by atoms with Gasteiger partial charge in [0.25, 0.3) is 5.91 Å². The van der Waals surface area contributed by atoms with Crippen molar-refractivity contribution in [1.82, 2.24) is 14.8 Å². The molecule has 9 heteroatoms. The molecular weight excluding hydrogens is 414 g/mol. The number of aryl methyl sites for hydroxylation is 1. The molecule has 0 aliphatic carbocycles. The van der Waals surface area contributed by atoms with Crippen molar-refractivity contribution in [2.24, 2.45) is 0 Å². The summed E-state index contributed by atoms with van der Waals surface area (Å²) in [4.78, 5) is 39.6. The number of furan rings is 1. The number of carbonyl (C=O) groups excluding carboxylic acids is 3. The molecule has 164 valence electrons. The Balaban J connectivity index is 1.42. The molecule has 1 atom stereocenters. The Labute approximate surface area is 183 Å². The van der Waals surface area contributed by atoms with Crippen LogP contribution >= 0.6 is 0 Å². The molecule has 0 radical (unpaired) electrons. The van der Waals surface area contributed by atoms with E-state index >= 15 is 0 Å². The highest BCUT2D eigenvalue weighted by Gasteiger charge is 2.51. The number of rotatable bonds is 5. The van der Waals surface area contributed by atoms with Crippen LogP contribution < -0.4 is 14.8 Å².